The monoisotopic (exact) mass is 514 g/mol. The number of aromatic nitrogens is 1. The van der Waals surface area contributed by atoms with E-state index in [0.717, 1.165) is 23.5 Å². The lowest BCUT2D eigenvalue weighted by Gasteiger charge is -2.31. The summed E-state index contributed by atoms with van der Waals surface area (Å²) in [5.74, 6) is 0.810. The van der Waals surface area contributed by atoms with Crippen LogP contribution < -0.4 is 5.32 Å². The second-order valence-corrected chi connectivity index (χ2v) is 7.04. The van der Waals surface area contributed by atoms with E-state index in [4.69, 9.17) is 4.74 Å². The van der Waals surface area contributed by atoms with Crippen molar-refractivity contribution in [2.75, 3.05) is 33.4 Å². The van der Waals surface area contributed by atoms with Crippen LogP contribution in [-0.4, -0.2) is 59.5 Å². The molecule has 0 radical (unpaired) electrons. The molecule has 0 saturated carbocycles. The molecular weight excluding hydrogens is 487 g/mol. The maximum absolute atomic E-state index is 10.6. The van der Waals surface area contributed by atoms with Crippen LogP contribution in [0.2, 0.25) is 0 Å². The van der Waals surface area contributed by atoms with Crippen molar-refractivity contribution in [1.29, 1.82) is 0 Å². The quantitative estimate of drug-likeness (QED) is 0.360. The highest BCUT2D eigenvalue weighted by atomic mass is 127. The molecule has 2 heterocycles. The maximum Gasteiger partial charge on any atom is 0.194 e. The van der Waals surface area contributed by atoms with Crippen LogP contribution in [0.15, 0.2) is 21.7 Å². The van der Waals surface area contributed by atoms with E-state index in [0.29, 0.717) is 32.6 Å². The highest BCUT2D eigenvalue weighted by Gasteiger charge is 2.29. The van der Waals surface area contributed by atoms with Gasteiger partial charge in [-0.2, -0.15) is 0 Å². The molecule has 6 nitrogen and oxygen atoms in total. The molecule has 0 atom stereocenters. The molecule has 8 heteroatoms. The first-order valence-electron chi connectivity index (χ1n) is 8.04. The second-order valence-electron chi connectivity index (χ2n) is 6.12. The summed E-state index contributed by atoms with van der Waals surface area (Å²) in [6.45, 7) is 5.20. The summed E-state index contributed by atoms with van der Waals surface area (Å²) >= 11 is 3.50. The number of ether oxygens (including phenoxy) is 1. The van der Waals surface area contributed by atoms with E-state index in [1.807, 2.05) is 27.2 Å². The van der Waals surface area contributed by atoms with Gasteiger partial charge in [-0.3, -0.25) is 4.99 Å². The van der Waals surface area contributed by atoms with Crippen molar-refractivity contribution in [2.24, 2.45) is 12.0 Å². The average Bonchev–Trinajstić information content (AvgIpc) is 2.82. The fourth-order valence-electron chi connectivity index (χ4n) is 2.64. The van der Waals surface area contributed by atoms with Gasteiger partial charge in [-0.05, 0) is 28.9 Å². The molecule has 1 aliphatic rings. The van der Waals surface area contributed by atoms with Crippen molar-refractivity contribution < 1.29 is 9.84 Å². The van der Waals surface area contributed by atoms with Crippen molar-refractivity contribution in [1.82, 2.24) is 14.8 Å². The minimum atomic E-state index is -0.742. The van der Waals surface area contributed by atoms with E-state index in [-0.39, 0.29) is 24.0 Å². The minimum absolute atomic E-state index is 0. The third kappa shape index (κ3) is 6.20. The van der Waals surface area contributed by atoms with Crippen molar-refractivity contribution >= 4 is 45.9 Å². The fraction of sp³-hybridized carbons (Fsp3) is 0.688. The van der Waals surface area contributed by atoms with Crippen molar-refractivity contribution in [3.05, 3.63) is 22.4 Å². The highest BCUT2D eigenvalue weighted by molar-refractivity contribution is 14.0. The number of aliphatic hydroxyl groups is 1. The smallest absolute Gasteiger partial charge is 0.194 e. The summed E-state index contributed by atoms with van der Waals surface area (Å²) < 4.78 is 8.48. The van der Waals surface area contributed by atoms with Gasteiger partial charge in [0.15, 0.2) is 5.96 Å². The third-order valence-electron chi connectivity index (χ3n) is 4.12. The molecule has 1 aromatic rings. The molecule has 0 spiro atoms. The summed E-state index contributed by atoms with van der Waals surface area (Å²) in [4.78, 5) is 6.72. The number of aliphatic imine (C=N–C) groups is 1. The molecule has 0 aromatic carbocycles. The number of hydrogen-bond donors (Lipinski definition) is 2. The number of rotatable bonds is 5. The third-order valence-corrected chi connectivity index (χ3v) is 4.55. The fourth-order valence-corrected chi connectivity index (χ4v) is 3.21. The normalized spacial score (nSPS) is 17.3. The van der Waals surface area contributed by atoms with Crippen LogP contribution in [-0.2, 0) is 18.3 Å². The van der Waals surface area contributed by atoms with Gasteiger partial charge in [0.2, 0.25) is 0 Å². The van der Waals surface area contributed by atoms with Gasteiger partial charge in [0.05, 0.1) is 18.7 Å². The zero-order chi connectivity index (χ0) is 16.9. The number of nitrogens with zero attached hydrogens (tertiary/aromatic N) is 3. The minimum Gasteiger partial charge on any atom is -0.388 e. The van der Waals surface area contributed by atoms with Crippen LogP contribution in [0.5, 0.6) is 0 Å². The Labute approximate surface area is 169 Å². The molecule has 1 saturated heterocycles. The zero-order valence-corrected chi connectivity index (χ0v) is 18.5. The van der Waals surface area contributed by atoms with Crippen LogP contribution in [0.3, 0.4) is 0 Å². The van der Waals surface area contributed by atoms with Gasteiger partial charge in [0.1, 0.15) is 0 Å². The van der Waals surface area contributed by atoms with Crippen LogP contribution >= 0.6 is 39.9 Å². The molecule has 138 valence electrons. The summed E-state index contributed by atoms with van der Waals surface area (Å²) in [7, 11) is 4.04. The Hall–Kier alpha value is -0.320. The molecule has 0 aliphatic carbocycles. The Kier molecular flexibility index (Phi) is 9.03. The Morgan fingerprint density at radius 2 is 2.17 bits per heavy atom. The molecule has 2 rings (SSSR count). The molecule has 0 bridgehead atoms. The number of aryl methyl sites for hydroxylation is 1. The zero-order valence-electron chi connectivity index (χ0n) is 14.6. The molecule has 0 amide bonds. The SMILES string of the molecule is CCNC(=NCC1(O)CCOCC1)N(C)Cc1cc(Br)cn1C.I. The Morgan fingerprint density at radius 1 is 1.50 bits per heavy atom. The number of guanidine groups is 1. The first kappa shape index (κ1) is 21.7. The van der Waals surface area contributed by atoms with Crippen LogP contribution in [0.25, 0.3) is 0 Å². The largest absolute Gasteiger partial charge is 0.388 e. The van der Waals surface area contributed by atoms with E-state index in [9.17, 15) is 5.11 Å². The van der Waals surface area contributed by atoms with Crippen LogP contribution in [0.1, 0.15) is 25.5 Å². The Balaban J connectivity index is 0.00000288. The van der Waals surface area contributed by atoms with E-state index in [1.165, 1.54) is 5.69 Å². The maximum atomic E-state index is 10.6. The number of hydrogen-bond acceptors (Lipinski definition) is 3. The van der Waals surface area contributed by atoms with Crippen molar-refractivity contribution in [3.63, 3.8) is 0 Å². The van der Waals surface area contributed by atoms with E-state index in [1.54, 1.807) is 0 Å². The lowest BCUT2D eigenvalue weighted by molar-refractivity contribution is -0.0566. The van der Waals surface area contributed by atoms with Gasteiger partial charge in [-0.25, -0.2) is 0 Å². The highest BCUT2D eigenvalue weighted by Crippen LogP contribution is 2.21. The summed E-state index contributed by atoms with van der Waals surface area (Å²) in [6, 6.07) is 2.10. The lowest BCUT2D eigenvalue weighted by Crippen LogP contribution is -2.43. The van der Waals surface area contributed by atoms with E-state index < -0.39 is 5.60 Å². The Bertz CT molecular complexity index is 544. The number of nitrogens with one attached hydrogen (secondary N) is 1. The molecule has 1 aromatic heterocycles. The summed E-state index contributed by atoms with van der Waals surface area (Å²) in [5.41, 5.74) is 0.447. The predicted octanol–water partition coefficient (Wildman–Crippen LogP) is 2.34. The van der Waals surface area contributed by atoms with E-state index in [2.05, 4.69) is 41.8 Å². The van der Waals surface area contributed by atoms with Gasteiger partial charge in [0.25, 0.3) is 0 Å². The number of halogens is 2. The van der Waals surface area contributed by atoms with Gasteiger partial charge in [0, 0.05) is 63.1 Å². The van der Waals surface area contributed by atoms with Crippen LogP contribution in [0.4, 0.5) is 0 Å². The lowest BCUT2D eigenvalue weighted by atomic mass is 9.95. The van der Waals surface area contributed by atoms with Crippen molar-refractivity contribution in [2.45, 2.75) is 31.9 Å². The van der Waals surface area contributed by atoms with Gasteiger partial charge in [-0.15, -0.1) is 24.0 Å². The van der Waals surface area contributed by atoms with Gasteiger partial charge in [-0.1, -0.05) is 0 Å². The topological polar surface area (TPSA) is 62.0 Å². The summed E-state index contributed by atoms with van der Waals surface area (Å²) in [5, 5.41) is 13.9. The van der Waals surface area contributed by atoms with Gasteiger partial charge < -0.3 is 24.6 Å². The van der Waals surface area contributed by atoms with Crippen LogP contribution in [0, 0.1) is 0 Å². The first-order chi connectivity index (χ1) is 10.9. The van der Waals surface area contributed by atoms with Gasteiger partial charge >= 0.3 is 0 Å². The molecular formula is C16H28BrIN4O2. The Morgan fingerprint density at radius 3 is 2.71 bits per heavy atom. The van der Waals surface area contributed by atoms with E-state index >= 15 is 0 Å². The predicted molar refractivity (Wildman–Crippen MR) is 111 cm³/mol. The summed E-state index contributed by atoms with van der Waals surface area (Å²) in [6.07, 6.45) is 3.33. The average molecular weight is 515 g/mol. The van der Waals surface area contributed by atoms with Crippen molar-refractivity contribution in [3.8, 4) is 0 Å². The molecule has 2 N–H and O–H groups in total. The first-order valence-corrected chi connectivity index (χ1v) is 8.83. The molecule has 24 heavy (non-hydrogen) atoms. The second kappa shape index (κ2) is 9.98. The molecule has 1 aliphatic heterocycles. The molecule has 1 fully saturated rings. The molecule has 0 unspecified atom stereocenters. The standard InChI is InChI=1S/C16H27BrN4O2.HI/c1-4-18-15(19-12-16(22)5-7-23-8-6-16)21(3)11-14-9-13(17)10-20(14)2;/h9-10,22H,4-8,11-12H2,1-3H3,(H,18,19);1H.